The zero-order valence-corrected chi connectivity index (χ0v) is 15.6. The molecular formula is C22H27NO3. The monoisotopic (exact) mass is 353 g/mol. The smallest absolute Gasteiger partial charge is 0.260 e. The van der Waals surface area contributed by atoms with Crippen molar-refractivity contribution in [3.05, 3.63) is 59.7 Å². The van der Waals surface area contributed by atoms with E-state index in [2.05, 4.69) is 19.1 Å². The van der Waals surface area contributed by atoms with E-state index >= 15 is 0 Å². The van der Waals surface area contributed by atoms with Gasteiger partial charge >= 0.3 is 0 Å². The second-order valence-corrected chi connectivity index (χ2v) is 6.69. The third kappa shape index (κ3) is 4.37. The first-order chi connectivity index (χ1) is 12.7. The highest BCUT2D eigenvalue weighted by Gasteiger charge is 2.29. The van der Waals surface area contributed by atoms with Gasteiger partial charge in [0, 0.05) is 12.6 Å². The molecule has 0 radical (unpaired) electrons. The summed E-state index contributed by atoms with van der Waals surface area (Å²) in [4.78, 5) is 14.7. The first-order valence-corrected chi connectivity index (χ1v) is 9.34. The minimum atomic E-state index is 0.0707. The molecule has 2 aromatic carbocycles. The zero-order valence-electron chi connectivity index (χ0n) is 15.6. The minimum absolute atomic E-state index is 0.0707. The van der Waals surface area contributed by atoms with Gasteiger partial charge in [0.2, 0.25) is 0 Å². The minimum Gasteiger partial charge on any atom is -0.497 e. The molecule has 4 heteroatoms. The van der Waals surface area contributed by atoms with Crippen molar-refractivity contribution in [2.45, 2.75) is 38.6 Å². The van der Waals surface area contributed by atoms with E-state index in [4.69, 9.17) is 9.47 Å². The van der Waals surface area contributed by atoms with Crippen LogP contribution in [0.2, 0.25) is 0 Å². The number of benzene rings is 2. The average molecular weight is 353 g/mol. The van der Waals surface area contributed by atoms with Crippen molar-refractivity contribution in [3.8, 4) is 11.5 Å². The highest BCUT2D eigenvalue weighted by molar-refractivity contribution is 5.78. The topological polar surface area (TPSA) is 38.8 Å². The Morgan fingerprint density at radius 3 is 2.85 bits per heavy atom. The molecule has 2 aromatic rings. The van der Waals surface area contributed by atoms with Crippen molar-refractivity contribution in [1.29, 1.82) is 0 Å². The van der Waals surface area contributed by atoms with Crippen molar-refractivity contribution >= 4 is 5.91 Å². The molecule has 26 heavy (non-hydrogen) atoms. The lowest BCUT2D eigenvalue weighted by Crippen LogP contribution is -2.39. The van der Waals surface area contributed by atoms with Crippen LogP contribution in [0.4, 0.5) is 0 Å². The van der Waals surface area contributed by atoms with Gasteiger partial charge < -0.3 is 14.4 Å². The number of aryl methyl sites for hydroxylation is 1. The zero-order chi connectivity index (χ0) is 18.4. The molecule has 1 unspecified atom stereocenters. The van der Waals surface area contributed by atoms with E-state index in [1.54, 1.807) is 7.11 Å². The lowest BCUT2D eigenvalue weighted by atomic mass is 10.0. The number of carbonyl (C=O) groups is 1. The molecule has 1 fully saturated rings. The fourth-order valence-corrected chi connectivity index (χ4v) is 3.61. The van der Waals surface area contributed by atoms with Gasteiger partial charge in [-0.1, -0.05) is 37.3 Å². The van der Waals surface area contributed by atoms with E-state index in [-0.39, 0.29) is 18.6 Å². The van der Waals surface area contributed by atoms with Crippen LogP contribution in [-0.4, -0.2) is 37.1 Å². The van der Waals surface area contributed by atoms with Crippen LogP contribution in [0.5, 0.6) is 11.5 Å². The van der Waals surface area contributed by atoms with Crippen LogP contribution < -0.4 is 9.47 Å². The predicted molar refractivity (Wildman–Crippen MR) is 103 cm³/mol. The van der Waals surface area contributed by atoms with E-state index in [1.807, 2.05) is 41.3 Å². The fourth-order valence-electron chi connectivity index (χ4n) is 3.61. The Morgan fingerprint density at radius 1 is 1.19 bits per heavy atom. The summed E-state index contributed by atoms with van der Waals surface area (Å²) in [6.07, 6.45) is 3.83. The first-order valence-electron chi connectivity index (χ1n) is 9.34. The number of likely N-dealkylation sites (tertiary alicyclic amines) is 1. The number of methoxy groups -OCH3 is 1. The number of amides is 1. The summed E-state index contributed by atoms with van der Waals surface area (Å²) in [5.74, 6) is 1.74. The molecule has 4 nitrogen and oxygen atoms in total. The van der Waals surface area contributed by atoms with Gasteiger partial charge in [-0.15, -0.1) is 0 Å². The lowest BCUT2D eigenvalue weighted by Gasteiger charge is -2.25. The number of ether oxygens (including phenoxy) is 2. The van der Waals surface area contributed by atoms with Crippen molar-refractivity contribution in [2.75, 3.05) is 20.3 Å². The summed E-state index contributed by atoms with van der Waals surface area (Å²) in [6, 6.07) is 16.2. The van der Waals surface area contributed by atoms with E-state index in [0.717, 1.165) is 49.3 Å². The third-order valence-electron chi connectivity index (χ3n) is 5.01. The van der Waals surface area contributed by atoms with Gasteiger partial charge in [-0.25, -0.2) is 0 Å². The number of para-hydroxylation sites is 1. The van der Waals surface area contributed by atoms with Crippen molar-refractivity contribution in [2.24, 2.45) is 0 Å². The first kappa shape index (κ1) is 18.3. The Balaban J connectivity index is 1.61. The standard InChI is InChI=1S/C22H27NO3/c1-3-18-9-4-5-12-21(18)26-16-22(24)23-13-7-10-19(23)14-17-8-6-11-20(15-17)25-2/h4-6,8-9,11-12,15,19H,3,7,10,13-14,16H2,1-2H3. The summed E-state index contributed by atoms with van der Waals surface area (Å²) in [7, 11) is 1.68. The summed E-state index contributed by atoms with van der Waals surface area (Å²) in [5, 5.41) is 0. The quantitative estimate of drug-likeness (QED) is 0.758. The summed E-state index contributed by atoms with van der Waals surface area (Å²) < 4.78 is 11.1. The molecule has 1 amide bonds. The fraction of sp³-hybridized carbons (Fsp3) is 0.409. The van der Waals surface area contributed by atoms with Crippen molar-refractivity contribution in [1.82, 2.24) is 4.90 Å². The van der Waals surface area contributed by atoms with E-state index in [0.29, 0.717) is 0 Å². The Kier molecular flexibility index (Phi) is 6.16. The van der Waals surface area contributed by atoms with Gasteiger partial charge in [0.15, 0.2) is 6.61 Å². The lowest BCUT2D eigenvalue weighted by molar-refractivity contribution is -0.134. The molecule has 1 heterocycles. The van der Waals surface area contributed by atoms with Gasteiger partial charge in [-0.05, 0) is 55.0 Å². The number of nitrogens with zero attached hydrogens (tertiary/aromatic N) is 1. The molecule has 0 saturated carbocycles. The molecule has 0 aliphatic carbocycles. The van der Waals surface area contributed by atoms with E-state index in [1.165, 1.54) is 5.56 Å². The van der Waals surface area contributed by atoms with Crippen LogP contribution in [0.1, 0.15) is 30.9 Å². The number of rotatable bonds is 7. The van der Waals surface area contributed by atoms with Gasteiger partial charge in [0.1, 0.15) is 11.5 Å². The van der Waals surface area contributed by atoms with Crippen LogP contribution >= 0.6 is 0 Å². The highest BCUT2D eigenvalue weighted by Crippen LogP contribution is 2.24. The highest BCUT2D eigenvalue weighted by atomic mass is 16.5. The molecule has 0 bridgehead atoms. The molecule has 1 atom stereocenters. The summed E-state index contributed by atoms with van der Waals surface area (Å²) in [6.45, 7) is 3.01. The molecule has 1 aliphatic heterocycles. The predicted octanol–water partition coefficient (Wildman–Crippen LogP) is 3.87. The van der Waals surface area contributed by atoms with Crippen LogP contribution in [-0.2, 0) is 17.6 Å². The van der Waals surface area contributed by atoms with E-state index in [9.17, 15) is 4.79 Å². The van der Waals surface area contributed by atoms with Crippen LogP contribution in [0.15, 0.2) is 48.5 Å². The van der Waals surface area contributed by atoms with Crippen molar-refractivity contribution in [3.63, 3.8) is 0 Å². The van der Waals surface area contributed by atoms with Gasteiger partial charge in [0.25, 0.3) is 5.91 Å². The maximum absolute atomic E-state index is 12.7. The maximum Gasteiger partial charge on any atom is 0.260 e. The third-order valence-corrected chi connectivity index (χ3v) is 5.01. The molecule has 0 N–H and O–H groups in total. The van der Waals surface area contributed by atoms with Crippen LogP contribution in [0.3, 0.4) is 0 Å². The number of hydrogen-bond donors (Lipinski definition) is 0. The Bertz CT molecular complexity index is 744. The SMILES string of the molecule is CCc1ccccc1OCC(=O)N1CCCC1Cc1cccc(OC)c1. The molecular weight excluding hydrogens is 326 g/mol. The Hall–Kier alpha value is -2.49. The van der Waals surface area contributed by atoms with Gasteiger partial charge in [-0.2, -0.15) is 0 Å². The van der Waals surface area contributed by atoms with Crippen LogP contribution in [0, 0.1) is 0 Å². The molecule has 138 valence electrons. The molecule has 1 saturated heterocycles. The van der Waals surface area contributed by atoms with Gasteiger partial charge in [-0.3, -0.25) is 4.79 Å². The molecule has 1 aliphatic rings. The van der Waals surface area contributed by atoms with Crippen LogP contribution in [0.25, 0.3) is 0 Å². The largest absolute Gasteiger partial charge is 0.497 e. The second-order valence-electron chi connectivity index (χ2n) is 6.69. The number of hydrogen-bond acceptors (Lipinski definition) is 3. The molecule has 0 spiro atoms. The summed E-state index contributed by atoms with van der Waals surface area (Å²) >= 11 is 0. The Labute approximate surface area is 155 Å². The van der Waals surface area contributed by atoms with E-state index < -0.39 is 0 Å². The van der Waals surface area contributed by atoms with Crippen molar-refractivity contribution < 1.29 is 14.3 Å². The van der Waals surface area contributed by atoms with Gasteiger partial charge in [0.05, 0.1) is 7.11 Å². The second kappa shape index (κ2) is 8.75. The Morgan fingerprint density at radius 2 is 2.04 bits per heavy atom. The maximum atomic E-state index is 12.7. The molecule has 3 rings (SSSR count). The molecule has 0 aromatic heterocycles. The summed E-state index contributed by atoms with van der Waals surface area (Å²) in [5.41, 5.74) is 2.33. The average Bonchev–Trinajstić information content (AvgIpc) is 3.14. The number of carbonyl (C=O) groups excluding carboxylic acids is 1. The normalized spacial score (nSPS) is 16.5.